The number of hydrogen-bond acceptors (Lipinski definition) is 4. The van der Waals surface area contributed by atoms with Crippen molar-refractivity contribution in [3.63, 3.8) is 0 Å². The van der Waals surface area contributed by atoms with Crippen LogP contribution in [0.25, 0.3) is 0 Å². The number of hydrogen-bond donors (Lipinski definition) is 1. The summed E-state index contributed by atoms with van der Waals surface area (Å²) in [4.78, 5) is 10.9. The van der Waals surface area contributed by atoms with Crippen LogP contribution >= 0.6 is 12.2 Å². The first-order valence-electron chi connectivity index (χ1n) is 5.42. The second-order valence-electron chi connectivity index (χ2n) is 4.03. The van der Waals surface area contributed by atoms with E-state index in [1.807, 2.05) is 0 Å². The van der Waals surface area contributed by atoms with E-state index in [0.717, 1.165) is 18.9 Å². The van der Waals surface area contributed by atoms with Crippen LogP contribution in [0.4, 0.5) is 5.82 Å². The first kappa shape index (κ1) is 12.8. The molecule has 0 bridgehead atoms. The molecule has 2 N–H and O–H groups in total. The van der Waals surface area contributed by atoms with Gasteiger partial charge in [-0.05, 0) is 12.8 Å². The van der Waals surface area contributed by atoms with E-state index in [0.29, 0.717) is 16.6 Å². The third kappa shape index (κ3) is 3.13. The van der Waals surface area contributed by atoms with E-state index in [1.54, 1.807) is 12.4 Å². The number of nitrogens with zero attached hydrogens (tertiary/aromatic N) is 3. The molecule has 0 fully saturated rings. The minimum Gasteiger partial charge on any atom is -0.388 e. The molecule has 0 saturated carbocycles. The maximum absolute atomic E-state index is 5.64. The molecule has 88 valence electrons. The molecule has 4 nitrogen and oxygen atoms in total. The molecule has 0 atom stereocenters. The molecule has 16 heavy (non-hydrogen) atoms. The lowest BCUT2D eigenvalue weighted by Gasteiger charge is -2.25. The summed E-state index contributed by atoms with van der Waals surface area (Å²) >= 11 is 4.98. The van der Waals surface area contributed by atoms with Gasteiger partial charge in [0.2, 0.25) is 0 Å². The molecule has 1 heterocycles. The number of aromatic nitrogens is 2. The minimum absolute atomic E-state index is 0.297. The SMILES string of the molecule is CCN(CC(C)C)c1nccnc1C(N)=S. The quantitative estimate of drug-likeness (QED) is 0.790. The largest absolute Gasteiger partial charge is 0.388 e. The van der Waals surface area contributed by atoms with Gasteiger partial charge in [0.1, 0.15) is 10.7 Å². The first-order valence-corrected chi connectivity index (χ1v) is 5.82. The zero-order valence-electron chi connectivity index (χ0n) is 9.97. The number of rotatable bonds is 5. The Balaban J connectivity index is 3.04. The molecule has 1 rings (SSSR count). The summed E-state index contributed by atoms with van der Waals surface area (Å²) in [7, 11) is 0. The van der Waals surface area contributed by atoms with E-state index in [1.165, 1.54) is 0 Å². The Labute approximate surface area is 102 Å². The maximum atomic E-state index is 5.64. The molecule has 0 spiro atoms. The molecule has 0 aliphatic carbocycles. The minimum atomic E-state index is 0.297. The van der Waals surface area contributed by atoms with Crippen molar-refractivity contribution >= 4 is 23.0 Å². The monoisotopic (exact) mass is 238 g/mol. The highest BCUT2D eigenvalue weighted by Gasteiger charge is 2.14. The predicted octanol–water partition coefficient (Wildman–Crippen LogP) is 1.59. The van der Waals surface area contributed by atoms with E-state index in [9.17, 15) is 0 Å². The van der Waals surface area contributed by atoms with E-state index in [-0.39, 0.29) is 0 Å². The average molecular weight is 238 g/mol. The molecule has 0 amide bonds. The lowest BCUT2D eigenvalue weighted by atomic mass is 10.2. The van der Waals surface area contributed by atoms with Crippen molar-refractivity contribution in [2.45, 2.75) is 20.8 Å². The van der Waals surface area contributed by atoms with Gasteiger partial charge in [-0.25, -0.2) is 9.97 Å². The third-order valence-electron chi connectivity index (χ3n) is 2.18. The van der Waals surface area contributed by atoms with Crippen molar-refractivity contribution in [1.82, 2.24) is 9.97 Å². The topological polar surface area (TPSA) is 55.0 Å². The van der Waals surface area contributed by atoms with E-state index in [2.05, 4.69) is 35.6 Å². The predicted molar refractivity (Wildman–Crippen MR) is 70.6 cm³/mol. The molecule has 1 aromatic rings. The Morgan fingerprint density at radius 2 is 2.06 bits per heavy atom. The van der Waals surface area contributed by atoms with Crippen molar-refractivity contribution in [3.05, 3.63) is 18.1 Å². The smallest absolute Gasteiger partial charge is 0.157 e. The van der Waals surface area contributed by atoms with Crippen LogP contribution in [0.3, 0.4) is 0 Å². The molecule has 0 unspecified atom stereocenters. The van der Waals surface area contributed by atoms with Gasteiger partial charge in [0.25, 0.3) is 0 Å². The van der Waals surface area contributed by atoms with Gasteiger partial charge in [-0.1, -0.05) is 26.1 Å². The maximum Gasteiger partial charge on any atom is 0.157 e. The van der Waals surface area contributed by atoms with Gasteiger partial charge in [0, 0.05) is 25.5 Å². The molecule has 1 aromatic heterocycles. The van der Waals surface area contributed by atoms with Gasteiger partial charge in [-0.2, -0.15) is 0 Å². The van der Waals surface area contributed by atoms with Crippen LogP contribution in [-0.4, -0.2) is 28.0 Å². The number of anilines is 1. The molecule has 5 heteroatoms. The molecule has 0 saturated heterocycles. The van der Waals surface area contributed by atoms with Crippen LogP contribution in [0.1, 0.15) is 26.5 Å². The van der Waals surface area contributed by atoms with Gasteiger partial charge in [-0.3, -0.25) is 0 Å². The molecule has 0 aliphatic heterocycles. The van der Waals surface area contributed by atoms with Crippen molar-refractivity contribution in [3.8, 4) is 0 Å². The summed E-state index contributed by atoms with van der Waals surface area (Å²) in [5, 5.41) is 0. The Morgan fingerprint density at radius 3 is 2.56 bits per heavy atom. The molecule has 0 radical (unpaired) electrons. The summed E-state index contributed by atoms with van der Waals surface area (Å²) in [6, 6.07) is 0. The fourth-order valence-electron chi connectivity index (χ4n) is 1.54. The summed E-state index contributed by atoms with van der Waals surface area (Å²) in [6.07, 6.45) is 3.28. The van der Waals surface area contributed by atoms with Gasteiger partial charge in [0.05, 0.1) is 0 Å². The lowest BCUT2D eigenvalue weighted by Crippen LogP contribution is -2.31. The fourth-order valence-corrected chi connectivity index (χ4v) is 1.69. The first-order chi connectivity index (χ1) is 7.56. The summed E-state index contributed by atoms with van der Waals surface area (Å²) in [6.45, 7) is 8.20. The standard InChI is InChI=1S/C11H18N4S/c1-4-15(7-8(2)3)11-9(10(12)16)13-5-6-14-11/h5-6,8H,4,7H2,1-3H3,(H2,12,16). The van der Waals surface area contributed by atoms with Crippen LogP contribution in [0.5, 0.6) is 0 Å². The van der Waals surface area contributed by atoms with Crippen molar-refractivity contribution in [2.75, 3.05) is 18.0 Å². The lowest BCUT2D eigenvalue weighted by molar-refractivity contribution is 0.613. The summed E-state index contributed by atoms with van der Waals surface area (Å²) in [5.41, 5.74) is 6.25. The van der Waals surface area contributed by atoms with E-state index >= 15 is 0 Å². The van der Waals surface area contributed by atoms with Crippen molar-refractivity contribution in [1.29, 1.82) is 0 Å². The van der Waals surface area contributed by atoms with Crippen LogP contribution in [-0.2, 0) is 0 Å². The molecular formula is C11H18N4S. The average Bonchev–Trinajstić information content (AvgIpc) is 2.25. The Morgan fingerprint density at radius 1 is 1.44 bits per heavy atom. The Hall–Kier alpha value is -1.23. The molecular weight excluding hydrogens is 220 g/mol. The summed E-state index contributed by atoms with van der Waals surface area (Å²) in [5.74, 6) is 1.34. The van der Waals surface area contributed by atoms with Crippen LogP contribution in [0.15, 0.2) is 12.4 Å². The van der Waals surface area contributed by atoms with E-state index in [4.69, 9.17) is 18.0 Å². The summed E-state index contributed by atoms with van der Waals surface area (Å²) < 4.78 is 0. The third-order valence-corrected chi connectivity index (χ3v) is 2.37. The zero-order valence-corrected chi connectivity index (χ0v) is 10.8. The van der Waals surface area contributed by atoms with E-state index < -0.39 is 0 Å². The van der Waals surface area contributed by atoms with Gasteiger partial charge >= 0.3 is 0 Å². The highest BCUT2D eigenvalue weighted by Crippen LogP contribution is 2.16. The van der Waals surface area contributed by atoms with Gasteiger partial charge in [-0.15, -0.1) is 0 Å². The number of thiocarbonyl (C=S) groups is 1. The van der Waals surface area contributed by atoms with Crippen LogP contribution in [0.2, 0.25) is 0 Å². The molecule has 0 aromatic carbocycles. The Bertz CT molecular complexity index is 365. The van der Waals surface area contributed by atoms with Crippen LogP contribution < -0.4 is 10.6 Å². The normalized spacial score (nSPS) is 10.5. The van der Waals surface area contributed by atoms with Crippen molar-refractivity contribution < 1.29 is 0 Å². The molecule has 0 aliphatic rings. The van der Waals surface area contributed by atoms with Gasteiger partial charge < -0.3 is 10.6 Å². The second-order valence-corrected chi connectivity index (χ2v) is 4.47. The number of nitrogens with two attached hydrogens (primary N) is 1. The van der Waals surface area contributed by atoms with Gasteiger partial charge in [0.15, 0.2) is 5.82 Å². The second kappa shape index (κ2) is 5.75. The van der Waals surface area contributed by atoms with Crippen LogP contribution in [0, 0.1) is 5.92 Å². The Kier molecular flexibility index (Phi) is 4.61. The highest BCUT2D eigenvalue weighted by atomic mass is 32.1. The highest BCUT2D eigenvalue weighted by molar-refractivity contribution is 7.80. The fraction of sp³-hybridized carbons (Fsp3) is 0.545. The zero-order chi connectivity index (χ0) is 12.1. The van der Waals surface area contributed by atoms with Crippen molar-refractivity contribution in [2.24, 2.45) is 11.7 Å².